The first kappa shape index (κ1) is 14.3. The minimum absolute atomic E-state index is 0.229. The number of hydrogen-bond acceptors (Lipinski definition) is 5. The lowest BCUT2D eigenvalue weighted by atomic mass is 10.2. The van der Waals surface area contributed by atoms with Crippen molar-refractivity contribution >= 4 is 5.91 Å². The van der Waals surface area contributed by atoms with Crippen molar-refractivity contribution in [1.82, 2.24) is 20.3 Å². The van der Waals surface area contributed by atoms with Gasteiger partial charge in [-0.05, 0) is 29.8 Å². The predicted octanol–water partition coefficient (Wildman–Crippen LogP) is 1.93. The van der Waals surface area contributed by atoms with E-state index in [1.807, 2.05) is 48.5 Å². The maximum atomic E-state index is 12.4. The Bertz CT molecular complexity index is 877. The lowest BCUT2D eigenvalue weighted by Crippen LogP contribution is -2.25. The van der Waals surface area contributed by atoms with E-state index in [1.165, 1.54) is 10.9 Å². The normalized spacial score (nSPS) is 12.2. The molecule has 0 saturated carbocycles. The second-order valence-electron chi connectivity index (χ2n) is 5.24. The number of carbonyl (C=O) groups is 1. The van der Waals surface area contributed by atoms with Gasteiger partial charge < -0.3 is 14.8 Å². The molecular weight excluding hydrogens is 308 g/mol. The topological polar surface area (TPSA) is 78.3 Å². The lowest BCUT2D eigenvalue weighted by Gasteiger charge is -2.08. The SMILES string of the molecule is O=C(NCc1ccc2c(c1)OCO2)c1cnnn1-c1ccccc1. The highest BCUT2D eigenvalue weighted by Gasteiger charge is 2.16. The Balaban J connectivity index is 1.49. The van der Waals surface area contributed by atoms with Crippen LogP contribution in [0.2, 0.25) is 0 Å². The predicted molar refractivity (Wildman–Crippen MR) is 85.1 cm³/mol. The van der Waals surface area contributed by atoms with Crippen LogP contribution >= 0.6 is 0 Å². The van der Waals surface area contributed by atoms with Crippen molar-refractivity contribution in [3.05, 3.63) is 66.0 Å². The Hall–Kier alpha value is -3.35. The van der Waals surface area contributed by atoms with Crippen molar-refractivity contribution in [2.24, 2.45) is 0 Å². The van der Waals surface area contributed by atoms with Gasteiger partial charge in [-0.25, -0.2) is 4.68 Å². The van der Waals surface area contributed by atoms with E-state index in [9.17, 15) is 4.79 Å². The van der Waals surface area contributed by atoms with Crippen molar-refractivity contribution in [1.29, 1.82) is 0 Å². The van der Waals surface area contributed by atoms with Gasteiger partial charge in [-0.3, -0.25) is 4.79 Å². The van der Waals surface area contributed by atoms with Crippen LogP contribution in [0.3, 0.4) is 0 Å². The largest absolute Gasteiger partial charge is 0.454 e. The number of benzene rings is 2. The number of nitrogens with zero attached hydrogens (tertiary/aromatic N) is 3. The van der Waals surface area contributed by atoms with E-state index in [0.29, 0.717) is 18.0 Å². The summed E-state index contributed by atoms with van der Waals surface area (Å²) in [4.78, 5) is 12.4. The van der Waals surface area contributed by atoms with Gasteiger partial charge in [0.15, 0.2) is 17.2 Å². The fourth-order valence-corrected chi connectivity index (χ4v) is 2.47. The lowest BCUT2D eigenvalue weighted by molar-refractivity contribution is 0.0943. The van der Waals surface area contributed by atoms with Crippen LogP contribution in [-0.4, -0.2) is 27.7 Å². The highest BCUT2D eigenvalue weighted by molar-refractivity contribution is 5.92. The number of hydrogen-bond donors (Lipinski definition) is 1. The summed E-state index contributed by atoms with van der Waals surface area (Å²) in [6.07, 6.45) is 1.45. The van der Waals surface area contributed by atoms with E-state index >= 15 is 0 Å². The molecule has 0 unspecified atom stereocenters. The molecule has 2 heterocycles. The van der Waals surface area contributed by atoms with Gasteiger partial charge in [0.05, 0.1) is 11.9 Å². The van der Waals surface area contributed by atoms with Crippen molar-refractivity contribution < 1.29 is 14.3 Å². The van der Waals surface area contributed by atoms with Crippen LogP contribution in [0.15, 0.2) is 54.7 Å². The molecule has 24 heavy (non-hydrogen) atoms. The van der Waals surface area contributed by atoms with Gasteiger partial charge in [-0.15, -0.1) is 5.10 Å². The molecule has 0 spiro atoms. The molecule has 0 aliphatic carbocycles. The molecule has 0 fully saturated rings. The highest BCUT2D eigenvalue weighted by Crippen LogP contribution is 2.32. The maximum absolute atomic E-state index is 12.4. The molecule has 120 valence electrons. The summed E-state index contributed by atoms with van der Waals surface area (Å²) in [7, 11) is 0. The Labute approximate surface area is 137 Å². The first-order chi connectivity index (χ1) is 11.8. The molecule has 1 aliphatic heterocycles. The van der Waals surface area contributed by atoms with E-state index in [1.54, 1.807) is 0 Å². The Morgan fingerprint density at radius 1 is 1.12 bits per heavy atom. The van der Waals surface area contributed by atoms with Crippen LogP contribution in [0.4, 0.5) is 0 Å². The fraction of sp³-hybridized carbons (Fsp3) is 0.118. The summed E-state index contributed by atoms with van der Waals surface area (Å²) in [5.41, 5.74) is 2.08. The zero-order valence-corrected chi connectivity index (χ0v) is 12.7. The molecule has 7 nitrogen and oxygen atoms in total. The van der Waals surface area contributed by atoms with Crippen molar-refractivity contribution in [3.63, 3.8) is 0 Å². The Kier molecular flexibility index (Phi) is 3.59. The standard InChI is InChI=1S/C17H14N4O3/c22-17(14-10-19-20-21(14)13-4-2-1-3-5-13)18-9-12-6-7-15-16(8-12)24-11-23-15/h1-8,10H,9,11H2,(H,18,22). The molecule has 3 aromatic rings. The van der Waals surface area contributed by atoms with E-state index in [0.717, 1.165) is 17.0 Å². The molecule has 0 atom stereocenters. The van der Waals surface area contributed by atoms with Crippen LogP contribution in [0.1, 0.15) is 16.1 Å². The van der Waals surface area contributed by atoms with Crippen LogP contribution in [0.25, 0.3) is 5.69 Å². The third-order valence-electron chi connectivity index (χ3n) is 3.67. The van der Waals surface area contributed by atoms with E-state index in [2.05, 4.69) is 15.6 Å². The quantitative estimate of drug-likeness (QED) is 0.794. The zero-order valence-electron chi connectivity index (χ0n) is 12.7. The molecular formula is C17H14N4O3. The molecule has 0 saturated heterocycles. The molecule has 0 radical (unpaired) electrons. The van der Waals surface area contributed by atoms with E-state index in [4.69, 9.17) is 9.47 Å². The number of fused-ring (bicyclic) bond motifs is 1. The third kappa shape index (κ3) is 2.67. The number of carbonyl (C=O) groups excluding carboxylic acids is 1. The van der Waals surface area contributed by atoms with Gasteiger partial charge in [-0.2, -0.15) is 0 Å². The van der Waals surface area contributed by atoms with Crippen LogP contribution < -0.4 is 14.8 Å². The molecule has 1 aliphatic rings. The van der Waals surface area contributed by atoms with Crippen molar-refractivity contribution in [2.75, 3.05) is 6.79 Å². The first-order valence-electron chi connectivity index (χ1n) is 7.44. The molecule has 1 amide bonds. The number of ether oxygens (including phenoxy) is 2. The van der Waals surface area contributed by atoms with Crippen molar-refractivity contribution in [3.8, 4) is 17.2 Å². The van der Waals surface area contributed by atoms with E-state index in [-0.39, 0.29) is 12.7 Å². The minimum Gasteiger partial charge on any atom is -0.454 e. The number of para-hydroxylation sites is 1. The third-order valence-corrected chi connectivity index (χ3v) is 3.67. The average molecular weight is 322 g/mol. The molecule has 7 heteroatoms. The van der Waals surface area contributed by atoms with Crippen molar-refractivity contribution in [2.45, 2.75) is 6.54 Å². The van der Waals surface area contributed by atoms with Gasteiger partial charge in [0.1, 0.15) is 0 Å². The summed E-state index contributed by atoms with van der Waals surface area (Å²) in [5.74, 6) is 1.16. The summed E-state index contributed by atoms with van der Waals surface area (Å²) < 4.78 is 12.1. The number of aromatic nitrogens is 3. The summed E-state index contributed by atoms with van der Waals surface area (Å²) in [5, 5.41) is 10.7. The minimum atomic E-state index is -0.249. The van der Waals surface area contributed by atoms with Gasteiger partial charge in [-0.1, -0.05) is 29.5 Å². The van der Waals surface area contributed by atoms with Crippen LogP contribution in [0, 0.1) is 0 Å². The Morgan fingerprint density at radius 3 is 2.83 bits per heavy atom. The van der Waals surface area contributed by atoms with Gasteiger partial charge in [0.25, 0.3) is 5.91 Å². The highest BCUT2D eigenvalue weighted by atomic mass is 16.7. The van der Waals surface area contributed by atoms with Crippen LogP contribution in [0.5, 0.6) is 11.5 Å². The second-order valence-corrected chi connectivity index (χ2v) is 5.24. The molecule has 2 aromatic carbocycles. The van der Waals surface area contributed by atoms with Crippen LogP contribution in [-0.2, 0) is 6.54 Å². The van der Waals surface area contributed by atoms with E-state index < -0.39 is 0 Å². The van der Waals surface area contributed by atoms with Gasteiger partial charge in [0.2, 0.25) is 6.79 Å². The summed E-state index contributed by atoms with van der Waals surface area (Å²) in [6, 6.07) is 15.0. The summed E-state index contributed by atoms with van der Waals surface area (Å²) >= 11 is 0. The monoisotopic (exact) mass is 322 g/mol. The van der Waals surface area contributed by atoms with Gasteiger partial charge >= 0.3 is 0 Å². The number of nitrogens with one attached hydrogen (secondary N) is 1. The average Bonchev–Trinajstić information content (AvgIpc) is 3.29. The number of rotatable bonds is 4. The molecule has 1 N–H and O–H groups in total. The molecule has 0 bridgehead atoms. The molecule has 4 rings (SSSR count). The smallest absolute Gasteiger partial charge is 0.271 e. The fourth-order valence-electron chi connectivity index (χ4n) is 2.47. The van der Waals surface area contributed by atoms with Gasteiger partial charge in [0, 0.05) is 6.54 Å². The molecule has 1 aromatic heterocycles. The summed E-state index contributed by atoms with van der Waals surface area (Å²) in [6.45, 7) is 0.600. The Morgan fingerprint density at radius 2 is 1.96 bits per heavy atom. The second kappa shape index (κ2) is 6.04. The zero-order chi connectivity index (χ0) is 16.4. The maximum Gasteiger partial charge on any atom is 0.271 e. The first-order valence-corrected chi connectivity index (χ1v) is 7.44. The number of amides is 1.